The van der Waals surface area contributed by atoms with E-state index in [1.807, 2.05) is 0 Å². The SMILES string of the molecule is C=C[C@@H](CCCCCCCCC)c1ccccc1. The zero-order chi connectivity index (χ0) is 13.1. The highest BCUT2D eigenvalue weighted by Gasteiger charge is 2.05. The second-order valence-electron chi connectivity index (χ2n) is 5.16. The molecule has 0 unspecified atom stereocenters. The Kier molecular flexibility index (Phi) is 8.29. The summed E-state index contributed by atoms with van der Waals surface area (Å²) in [7, 11) is 0. The third-order valence-electron chi connectivity index (χ3n) is 3.63. The maximum Gasteiger partial charge on any atom is 0.00152 e. The highest BCUT2D eigenvalue weighted by Crippen LogP contribution is 2.23. The minimum Gasteiger partial charge on any atom is -0.102 e. The zero-order valence-electron chi connectivity index (χ0n) is 11.9. The summed E-state index contributed by atoms with van der Waals surface area (Å²) in [5, 5.41) is 0. The van der Waals surface area contributed by atoms with Crippen molar-refractivity contribution in [1.82, 2.24) is 0 Å². The Hall–Kier alpha value is -1.04. The van der Waals surface area contributed by atoms with Gasteiger partial charge in [0.2, 0.25) is 0 Å². The van der Waals surface area contributed by atoms with Crippen LogP contribution in [0, 0.1) is 0 Å². The maximum absolute atomic E-state index is 3.98. The third kappa shape index (κ3) is 6.05. The van der Waals surface area contributed by atoms with Gasteiger partial charge in [-0.25, -0.2) is 0 Å². The molecule has 0 spiro atoms. The fourth-order valence-electron chi connectivity index (χ4n) is 2.44. The molecule has 1 aromatic carbocycles. The second kappa shape index (κ2) is 9.94. The van der Waals surface area contributed by atoms with Crippen molar-refractivity contribution in [3.63, 3.8) is 0 Å². The quantitative estimate of drug-likeness (QED) is 0.345. The second-order valence-corrected chi connectivity index (χ2v) is 5.16. The van der Waals surface area contributed by atoms with Crippen LogP contribution < -0.4 is 0 Å². The molecule has 0 aromatic heterocycles. The van der Waals surface area contributed by atoms with Gasteiger partial charge in [0.1, 0.15) is 0 Å². The van der Waals surface area contributed by atoms with E-state index in [0.717, 1.165) is 0 Å². The Morgan fingerprint density at radius 3 is 2.17 bits per heavy atom. The first-order chi connectivity index (χ1) is 8.88. The Labute approximate surface area is 113 Å². The molecular weight excluding hydrogens is 216 g/mol. The predicted molar refractivity (Wildman–Crippen MR) is 82.0 cm³/mol. The van der Waals surface area contributed by atoms with Gasteiger partial charge in [0.25, 0.3) is 0 Å². The van der Waals surface area contributed by atoms with Gasteiger partial charge in [-0.05, 0) is 12.0 Å². The Morgan fingerprint density at radius 2 is 1.56 bits per heavy atom. The van der Waals surface area contributed by atoms with E-state index in [1.165, 1.54) is 56.9 Å². The van der Waals surface area contributed by atoms with Crippen LogP contribution in [0.4, 0.5) is 0 Å². The minimum atomic E-state index is 0.543. The van der Waals surface area contributed by atoms with Crippen molar-refractivity contribution >= 4 is 0 Å². The van der Waals surface area contributed by atoms with Crippen LogP contribution in [-0.4, -0.2) is 0 Å². The summed E-state index contributed by atoms with van der Waals surface area (Å²) in [5.41, 5.74) is 1.42. The van der Waals surface area contributed by atoms with Crippen molar-refractivity contribution in [3.05, 3.63) is 48.6 Å². The maximum atomic E-state index is 3.98. The molecule has 0 aliphatic rings. The van der Waals surface area contributed by atoms with Gasteiger partial charge in [-0.3, -0.25) is 0 Å². The van der Waals surface area contributed by atoms with Gasteiger partial charge in [0, 0.05) is 5.92 Å². The average Bonchev–Trinajstić information content (AvgIpc) is 2.43. The minimum absolute atomic E-state index is 0.543. The van der Waals surface area contributed by atoms with Crippen molar-refractivity contribution in [3.8, 4) is 0 Å². The Balaban J connectivity index is 2.15. The van der Waals surface area contributed by atoms with Gasteiger partial charge >= 0.3 is 0 Å². The number of rotatable bonds is 10. The van der Waals surface area contributed by atoms with Crippen LogP contribution in [0.1, 0.15) is 69.8 Å². The lowest BCUT2D eigenvalue weighted by atomic mass is 9.93. The molecule has 0 saturated heterocycles. The van der Waals surface area contributed by atoms with Crippen molar-refractivity contribution in [1.29, 1.82) is 0 Å². The summed E-state index contributed by atoms with van der Waals surface area (Å²) >= 11 is 0. The molecular formula is C18H28. The fourth-order valence-corrected chi connectivity index (χ4v) is 2.44. The summed E-state index contributed by atoms with van der Waals surface area (Å²) in [6, 6.07) is 10.8. The number of unbranched alkanes of at least 4 members (excludes halogenated alkanes) is 6. The van der Waals surface area contributed by atoms with Crippen LogP contribution in [0.2, 0.25) is 0 Å². The van der Waals surface area contributed by atoms with Crippen LogP contribution in [0.3, 0.4) is 0 Å². The summed E-state index contributed by atoms with van der Waals surface area (Å²) in [6.45, 7) is 6.25. The summed E-state index contributed by atoms with van der Waals surface area (Å²) in [5.74, 6) is 0.543. The fraction of sp³-hybridized carbons (Fsp3) is 0.556. The molecule has 1 rings (SSSR count). The largest absolute Gasteiger partial charge is 0.102 e. The lowest BCUT2D eigenvalue weighted by molar-refractivity contribution is 0.563. The van der Waals surface area contributed by atoms with Crippen molar-refractivity contribution in [2.24, 2.45) is 0 Å². The summed E-state index contributed by atoms with van der Waals surface area (Å²) in [4.78, 5) is 0. The molecule has 100 valence electrons. The van der Waals surface area contributed by atoms with Gasteiger partial charge in [-0.1, -0.05) is 88.3 Å². The average molecular weight is 244 g/mol. The number of allylic oxidation sites excluding steroid dienone is 1. The standard InChI is InChI=1S/C18H28/c1-3-5-6-7-8-9-11-14-17(4-2)18-15-12-10-13-16-18/h4,10,12-13,15-17H,2-3,5-9,11,14H2,1H3/t17-/m0/s1. The molecule has 0 aliphatic carbocycles. The summed E-state index contributed by atoms with van der Waals surface area (Å²) < 4.78 is 0. The van der Waals surface area contributed by atoms with Crippen LogP contribution in [-0.2, 0) is 0 Å². The molecule has 0 saturated carbocycles. The first-order valence-corrected chi connectivity index (χ1v) is 7.56. The molecule has 0 amide bonds. The van der Waals surface area contributed by atoms with E-state index >= 15 is 0 Å². The van der Waals surface area contributed by atoms with Gasteiger partial charge < -0.3 is 0 Å². The first-order valence-electron chi connectivity index (χ1n) is 7.56. The van der Waals surface area contributed by atoms with E-state index in [9.17, 15) is 0 Å². The molecule has 0 nitrogen and oxygen atoms in total. The molecule has 0 N–H and O–H groups in total. The molecule has 1 aromatic rings. The Morgan fingerprint density at radius 1 is 0.944 bits per heavy atom. The topological polar surface area (TPSA) is 0 Å². The van der Waals surface area contributed by atoms with E-state index in [4.69, 9.17) is 0 Å². The van der Waals surface area contributed by atoms with Gasteiger partial charge in [0.05, 0.1) is 0 Å². The Bertz CT molecular complexity index is 299. The van der Waals surface area contributed by atoms with Crippen LogP contribution in [0.5, 0.6) is 0 Å². The molecule has 0 fully saturated rings. The first kappa shape index (κ1) is 15.0. The van der Waals surface area contributed by atoms with Crippen LogP contribution in [0.25, 0.3) is 0 Å². The van der Waals surface area contributed by atoms with E-state index in [1.54, 1.807) is 0 Å². The number of hydrogen-bond donors (Lipinski definition) is 0. The monoisotopic (exact) mass is 244 g/mol. The van der Waals surface area contributed by atoms with Gasteiger partial charge in [0.15, 0.2) is 0 Å². The van der Waals surface area contributed by atoms with Crippen LogP contribution >= 0.6 is 0 Å². The molecule has 0 radical (unpaired) electrons. The van der Waals surface area contributed by atoms with E-state index in [-0.39, 0.29) is 0 Å². The highest BCUT2D eigenvalue weighted by atomic mass is 14.1. The molecule has 0 heteroatoms. The van der Waals surface area contributed by atoms with Gasteiger partial charge in [-0.2, -0.15) is 0 Å². The predicted octanol–water partition coefficient (Wildman–Crippen LogP) is 6.10. The van der Waals surface area contributed by atoms with E-state index in [2.05, 4.69) is 49.9 Å². The molecule has 0 aliphatic heterocycles. The van der Waals surface area contributed by atoms with E-state index in [0.29, 0.717) is 5.92 Å². The third-order valence-corrected chi connectivity index (χ3v) is 3.63. The molecule has 0 heterocycles. The summed E-state index contributed by atoms with van der Waals surface area (Å²) in [6.07, 6.45) is 13.0. The molecule has 1 atom stereocenters. The van der Waals surface area contributed by atoms with Crippen LogP contribution in [0.15, 0.2) is 43.0 Å². The number of hydrogen-bond acceptors (Lipinski definition) is 0. The molecule has 18 heavy (non-hydrogen) atoms. The zero-order valence-corrected chi connectivity index (χ0v) is 11.9. The van der Waals surface area contributed by atoms with Crippen molar-refractivity contribution in [2.75, 3.05) is 0 Å². The van der Waals surface area contributed by atoms with E-state index < -0.39 is 0 Å². The lowest BCUT2D eigenvalue weighted by Crippen LogP contribution is -1.94. The smallest absolute Gasteiger partial charge is 0.00152 e. The number of benzene rings is 1. The van der Waals surface area contributed by atoms with Crippen molar-refractivity contribution in [2.45, 2.75) is 64.2 Å². The molecule has 0 bridgehead atoms. The normalized spacial score (nSPS) is 12.3. The van der Waals surface area contributed by atoms with Gasteiger partial charge in [-0.15, -0.1) is 6.58 Å². The van der Waals surface area contributed by atoms with Crippen molar-refractivity contribution < 1.29 is 0 Å². The highest BCUT2D eigenvalue weighted by molar-refractivity contribution is 5.22. The lowest BCUT2D eigenvalue weighted by Gasteiger charge is -2.12.